The zero-order valence-electron chi connectivity index (χ0n) is 43.7. The molecule has 0 aromatic heterocycles. The molecule has 0 bridgehead atoms. The Morgan fingerprint density at radius 3 is 1.25 bits per heavy atom. The van der Waals surface area contributed by atoms with E-state index in [1.165, 1.54) is 212 Å². The third-order valence-corrected chi connectivity index (χ3v) is 13.7. The second-order valence-corrected chi connectivity index (χ2v) is 20.1. The van der Waals surface area contributed by atoms with Crippen LogP contribution < -0.4 is 5.32 Å². The van der Waals surface area contributed by atoms with Crippen molar-refractivity contribution in [2.45, 2.75) is 314 Å². The zero-order valence-corrected chi connectivity index (χ0v) is 43.7. The number of hydrogen-bond acceptors (Lipinski definition) is 8. The van der Waals surface area contributed by atoms with Crippen molar-refractivity contribution in [3.8, 4) is 0 Å². The molecule has 1 fully saturated rings. The molecule has 394 valence electrons. The van der Waals surface area contributed by atoms with Crippen molar-refractivity contribution in [1.82, 2.24) is 5.32 Å². The van der Waals surface area contributed by atoms with Gasteiger partial charge in [0.15, 0.2) is 6.29 Å². The Morgan fingerprint density at radius 2 is 0.851 bits per heavy atom. The standard InChI is InChI=1S/C58H109NO8/c1-3-5-7-9-11-13-15-17-19-20-21-22-23-24-25-26-27-28-29-30-31-32-34-36-38-40-42-44-46-48-54(62)59-51(50-66-58-57(65)56(64)55(63)53(49-60)67-58)52(61)47-45-43-41-39-37-35-33-18-16-14-12-10-8-6-4-2/h20-21,37,39,45,47,51-53,55-58,60-61,63-65H,3-19,22-36,38,40-44,46,48-50H2,1-2H3,(H,59,62)/b21-20-,39-37+,47-45+. The minimum atomic E-state index is -1.57. The van der Waals surface area contributed by atoms with E-state index in [2.05, 4.69) is 43.5 Å². The largest absolute Gasteiger partial charge is 0.394 e. The van der Waals surface area contributed by atoms with E-state index < -0.39 is 49.5 Å². The van der Waals surface area contributed by atoms with E-state index in [1.807, 2.05) is 6.08 Å². The second kappa shape index (κ2) is 48.1. The van der Waals surface area contributed by atoms with Crippen LogP contribution in [0.5, 0.6) is 0 Å². The highest BCUT2D eigenvalue weighted by Gasteiger charge is 2.44. The lowest BCUT2D eigenvalue weighted by Crippen LogP contribution is -2.60. The number of rotatable bonds is 49. The average molecular weight is 949 g/mol. The lowest BCUT2D eigenvalue weighted by Gasteiger charge is -2.40. The van der Waals surface area contributed by atoms with Crippen LogP contribution in [0.1, 0.15) is 271 Å². The summed E-state index contributed by atoms with van der Waals surface area (Å²) in [4.78, 5) is 13.0. The molecular formula is C58H109NO8. The molecule has 0 saturated carbocycles. The van der Waals surface area contributed by atoms with Gasteiger partial charge in [-0.15, -0.1) is 0 Å². The van der Waals surface area contributed by atoms with Crippen LogP contribution in [0.15, 0.2) is 36.5 Å². The molecule has 9 nitrogen and oxygen atoms in total. The van der Waals surface area contributed by atoms with Gasteiger partial charge in [-0.05, 0) is 57.8 Å². The quantitative estimate of drug-likeness (QED) is 0.0261. The first-order chi connectivity index (χ1) is 32.8. The van der Waals surface area contributed by atoms with Crippen LogP contribution >= 0.6 is 0 Å². The lowest BCUT2D eigenvalue weighted by molar-refractivity contribution is -0.302. The normalized spacial score (nSPS) is 19.9. The van der Waals surface area contributed by atoms with Crippen LogP contribution in [0.4, 0.5) is 0 Å². The topological polar surface area (TPSA) is 149 Å². The Balaban J connectivity index is 2.18. The van der Waals surface area contributed by atoms with Gasteiger partial charge in [-0.2, -0.15) is 0 Å². The Morgan fingerprint density at radius 1 is 0.493 bits per heavy atom. The first kappa shape index (κ1) is 63.4. The summed E-state index contributed by atoms with van der Waals surface area (Å²) >= 11 is 0. The molecule has 0 aliphatic carbocycles. The molecule has 1 amide bonds. The average Bonchev–Trinajstić information content (AvgIpc) is 3.33. The predicted molar refractivity (Wildman–Crippen MR) is 281 cm³/mol. The molecule has 1 rings (SSSR count). The number of aliphatic hydroxyl groups is 5. The summed E-state index contributed by atoms with van der Waals surface area (Å²) in [5.41, 5.74) is 0. The monoisotopic (exact) mass is 948 g/mol. The fourth-order valence-electron chi connectivity index (χ4n) is 9.11. The number of hydrogen-bond donors (Lipinski definition) is 6. The molecule has 1 aliphatic rings. The van der Waals surface area contributed by atoms with Crippen molar-refractivity contribution < 1.29 is 39.8 Å². The first-order valence-corrected chi connectivity index (χ1v) is 28.7. The fourth-order valence-corrected chi connectivity index (χ4v) is 9.11. The van der Waals surface area contributed by atoms with Gasteiger partial charge in [0.1, 0.15) is 24.4 Å². The Labute approximate surface area is 412 Å². The Bertz CT molecular complexity index is 1150. The van der Waals surface area contributed by atoms with Gasteiger partial charge in [-0.1, -0.05) is 243 Å². The van der Waals surface area contributed by atoms with Crippen LogP contribution in [0.3, 0.4) is 0 Å². The van der Waals surface area contributed by atoms with Crippen molar-refractivity contribution >= 4 is 5.91 Å². The lowest BCUT2D eigenvalue weighted by atomic mass is 9.99. The number of unbranched alkanes of at least 4 members (excludes halogenated alkanes) is 35. The van der Waals surface area contributed by atoms with Crippen molar-refractivity contribution in [2.24, 2.45) is 0 Å². The van der Waals surface area contributed by atoms with E-state index in [0.717, 1.165) is 38.5 Å². The second-order valence-electron chi connectivity index (χ2n) is 20.1. The van der Waals surface area contributed by atoms with Crippen LogP contribution in [-0.4, -0.2) is 87.5 Å². The van der Waals surface area contributed by atoms with Crippen molar-refractivity contribution in [3.63, 3.8) is 0 Å². The van der Waals surface area contributed by atoms with E-state index in [1.54, 1.807) is 6.08 Å². The maximum Gasteiger partial charge on any atom is 0.220 e. The number of carbonyl (C=O) groups is 1. The van der Waals surface area contributed by atoms with Crippen LogP contribution in [-0.2, 0) is 14.3 Å². The molecule has 7 unspecified atom stereocenters. The summed E-state index contributed by atoms with van der Waals surface area (Å²) in [6.45, 7) is 3.78. The molecule has 0 radical (unpaired) electrons. The minimum Gasteiger partial charge on any atom is -0.394 e. The molecular weight excluding hydrogens is 839 g/mol. The van der Waals surface area contributed by atoms with E-state index in [0.29, 0.717) is 6.42 Å². The van der Waals surface area contributed by atoms with Crippen molar-refractivity contribution in [2.75, 3.05) is 13.2 Å². The van der Waals surface area contributed by atoms with Gasteiger partial charge in [0.2, 0.25) is 5.91 Å². The summed E-state index contributed by atoms with van der Waals surface area (Å²) in [6, 6.07) is -0.819. The highest BCUT2D eigenvalue weighted by molar-refractivity contribution is 5.76. The molecule has 0 aromatic rings. The van der Waals surface area contributed by atoms with Crippen LogP contribution in [0.2, 0.25) is 0 Å². The molecule has 1 aliphatic heterocycles. The molecule has 1 saturated heterocycles. The summed E-state index contributed by atoms with van der Waals surface area (Å²) in [5.74, 6) is -0.183. The molecule has 9 heteroatoms. The van der Waals surface area contributed by atoms with E-state index >= 15 is 0 Å². The summed E-state index contributed by atoms with van der Waals surface area (Å²) in [6.07, 6.45) is 55.1. The molecule has 7 atom stereocenters. The first-order valence-electron chi connectivity index (χ1n) is 28.7. The highest BCUT2D eigenvalue weighted by Crippen LogP contribution is 2.23. The minimum absolute atomic E-state index is 0.183. The number of amides is 1. The molecule has 6 N–H and O–H groups in total. The maximum absolute atomic E-state index is 13.0. The van der Waals surface area contributed by atoms with E-state index in [9.17, 15) is 30.3 Å². The number of aliphatic hydroxyl groups excluding tert-OH is 5. The SMILES string of the molecule is CCCCCCCCCC/C=C\CCCCCCCCCCCCCCCCCCCC(=O)NC(COC1OC(CO)C(O)C(O)C1O)C(O)/C=C/CC/C=C/CCCCCCCCCCC. The third-order valence-electron chi connectivity index (χ3n) is 13.7. The van der Waals surface area contributed by atoms with Gasteiger partial charge < -0.3 is 40.3 Å². The number of allylic oxidation sites excluding steroid dienone is 5. The fraction of sp³-hybridized carbons (Fsp3) is 0.879. The molecule has 67 heavy (non-hydrogen) atoms. The summed E-state index contributed by atoms with van der Waals surface area (Å²) < 4.78 is 11.2. The van der Waals surface area contributed by atoms with Gasteiger partial charge >= 0.3 is 0 Å². The Hall–Kier alpha value is -1.59. The number of ether oxygens (including phenoxy) is 2. The molecule has 0 spiro atoms. The molecule has 1 heterocycles. The number of carbonyl (C=O) groups excluding carboxylic acids is 1. The van der Waals surface area contributed by atoms with Crippen LogP contribution in [0.25, 0.3) is 0 Å². The summed E-state index contributed by atoms with van der Waals surface area (Å²) in [5, 5.41) is 54.4. The van der Waals surface area contributed by atoms with Gasteiger partial charge in [0.05, 0.1) is 25.4 Å². The van der Waals surface area contributed by atoms with Gasteiger partial charge in [-0.25, -0.2) is 0 Å². The summed E-state index contributed by atoms with van der Waals surface area (Å²) in [7, 11) is 0. The van der Waals surface area contributed by atoms with Crippen molar-refractivity contribution in [1.29, 1.82) is 0 Å². The smallest absolute Gasteiger partial charge is 0.220 e. The van der Waals surface area contributed by atoms with E-state index in [4.69, 9.17) is 9.47 Å². The zero-order chi connectivity index (χ0) is 48.7. The maximum atomic E-state index is 13.0. The number of nitrogens with one attached hydrogen (secondary N) is 1. The van der Waals surface area contributed by atoms with E-state index in [-0.39, 0.29) is 12.5 Å². The van der Waals surface area contributed by atoms with Crippen molar-refractivity contribution in [3.05, 3.63) is 36.5 Å². The Kier molecular flexibility index (Phi) is 45.5. The van der Waals surface area contributed by atoms with Crippen LogP contribution in [0, 0.1) is 0 Å². The highest BCUT2D eigenvalue weighted by atomic mass is 16.7. The predicted octanol–water partition coefficient (Wildman–Crippen LogP) is 14.0. The molecule has 0 aromatic carbocycles. The van der Waals surface area contributed by atoms with Gasteiger partial charge in [0.25, 0.3) is 0 Å². The van der Waals surface area contributed by atoms with Gasteiger partial charge in [-0.3, -0.25) is 4.79 Å². The third kappa shape index (κ3) is 37.9. The van der Waals surface area contributed by atoms with Gasteiger partial charge in [0, 0.05) is 6.42 Å².